The van der Waals surface area contributed by atoms with Crippen molar-refractivity contribution in [1.29, 1.82) is 0 Å². The SMILES string of the molecule is CC(=O)NC1C(OCCOCCNCC(C=O)(CCC(=O)NCCOCCOC2OC(CO)C(O)C(O)C2NC(C)=O)NC(=O)CCC(NC(=O)CCCCCCC(=O)NCCCc2cn(C[C@@H](CO)OC(C)(C)C)c3ccccc23)C(=O)NCCOCCOC2OC(CO)C(O)C(O)C2NC(C)=O)OC(CO)C(O)C1O. The van der Waals surface area contributed by atoms with Crippen LogP contribution >= 0.6 is 0 Å². The first kappa shape index (κ1) is 95.9. The number of aliphatic hydroxyl groups excluding tert-OH is 10. The van der Waals surface area contributed by atoms with E-state index < -0.39 is 183 Å². The Balaban J connectivity index is 1.17. The Morgan fingerprint density at radius 3 is 1.47 bits per heavy atom. The van der Waals surface area contributed by atoms with Gasteiger partial charge in [0.05, 0.1) is 104 Å². The number of aryl methyl sites for hydroxylation is 1. The van der Waals surface area contributed by atoms with Crippen LogP contribution in [0.1, 0.15) is 118 Å². The van der Waals surface area contributed by atoms with Gasteiger partial charge in [-0.1, -0.05) is 31.0 Å². The number of ether oxygens (including phenoxy) is 10. The third-order valence-corrected chi connectivity index (χ3v) is 18.5. The van der Waals surface area contributed by atoms with Crippen LogP contribution in [0.4, 0.5) is 0 Å². The van der Waals surface area contributed by atoms with Gasteiger partial charge < -0.3 is 156 Å². The lowest BCUT2D eigenvalue weighted by molar-refractivity contribution is -0.272. The lowest BCUT2D eigenvalue weighted by atomic mass is 9.93. The minimum Gasteiger partial charge on any atom is -0.394 e. The zero-order valence-corrected chi connectivity index (χ0v) is 64.9. The smallest absolute Gasteiger partial charge is 0.242 e. The number of fused-ring (bicyclic) bond motifs is 1. The molecule has 5 rings (SSSR count). The van der Waals surface area contributed by atoms with Gasteiger partial charge in [0.2, 0.25) is 47.3 Å². The van der Waals surface area contributed by atoms with Gasteiger partial charge in [0.25, 0.3) is 0 Å². The van der Waals surface area contributed by atoms with Gasteiger partial charge in [0.1, 0.15) is 90.9 Å². The average Bonchev–Trinajstić information content (AvgIpc) is 1.56. The maximum absolute atomic E-state index is 14.1. The second-order valence-corrected chi connectivity index (χ2v) is 28.8. The van der Waals surface area contributed by atoms with E-state index in [-0.39, 0.29) is 130 Å². The Bertz CT molecular complexity index is 3170. The Morgan fingerprint density at radius 1 is 0.536 bits per heavy atom. The molecule has 17 unspecified atom stereocenters. The van der Waals surface area contributed by atoms with Crippen LogP contribution in [0.2, 0.25) is 0 Å². The van der Waals surface area contributed by atoms with Gasteiger partial charge in [-0.2, -0.15) is 0 Å². The van der Waals surface area contributed by atoms with Crippen LogP contribution in [-0.4, -0.2) is 343 Å². The average molecular weight is 1600 g/mol. The van der Waals surface area contributed by atoms with Crippen molar-refractivity contribution in [3.63, 3.8) is 0 Å². The fourth-order valence-electron chi connectivity index (χ4n) is 12.8. The number of hydrogen-bond donors (Lipinski definition) is 19. The molecule has 1 aromatic carbocycles. The third-order valence-electron chi connectivity index (χ3n) is 18.5. The molecule has 3 saturated heterocycles. The zero-order chi connectivity index (χ0) is 82.3. The van der Waals surface area contributed by atoms with Crippen LogP contribution in [0.15, 0.2) is 30.5 Å². The zero-order valence-electron chi connectivity index (χ0n) is 64.9. The Hall–Kier alpha value is -6.65. The number of nitrogens with zero attached hydrogens (tertiary/aromatic N) is 1. The van der Waals surface area contributed by atoms with Crippen molar-refractivity contribution in [2.24, 2.45) is 0 Å². The monoisotopic (exact) mass is 1600 g/mol. The Labute approximate surface area is 651 Å². The first-order valence-electron chi connectivity index (χ1n) is 38.2. The molecule has 3 aliphatic heterocycles. The number of carbonyl (C=O) groups is 9. The normalized spacial score (nSPS) is 25.1. The van der Waals surface area contributed by atoms with Crippen LogP contribution < -0.4 is 47.9 Å². The summed E-state index contributed by atoms with van der Waals surface area (Å²) in [5.74, 6) is -4.29. The number of aldehydes is 1. The number of carbonyl (C=O) groups excluding carboxylic acids is 9. The molecule has 39 heteroatoms. The summed E-state index contributed by atoms with van der Waals surface area (Å²) in [5.41, 5.74) is -0.0744. The highest BCUT2D eigenvalue weighted by molar-refractivity contribution is 5.89. The van der Waals surface area contributed by atoms with Gasteiger partial charge in [-0.3, -0.25) is 38.4 Å². The summed E-state index contributed by atoms with van der Waals surface area (Å²) < 4.78 is 58.8. The predicted octanol–water partition coefficient (Wildman–Crippen LogP) is -5.94. The number of hydrogen-bond acceptors (Lipinski definition) is 30. The molecule has 18 atom stereocenters. The van der Waals surface area contributed by atoms with E-state index in [2.05, 4.69) is 64.7 Å². The Kier molecular flexibility index (Phi) is 43.4. The number of unbranched alkanes of at least 4 members (excludes halogenated alkanes) is 3. The summed E-state index contributed by atoms with van der Waals surface area (Å²) in [7, 11) is 0. The molecule has 638 valence electrons. The van der Waals surface area contributed by atoms with Crippen LogP contribution in [0.25, 0.3) is 10.9 Å². The topological polar surface area (TPSA) is 561 Å². The van der Waals surface area contributed by atoms with Gasteiger partial charge in [0.15, 0.2) is 18.9 Å². The van der Waals surface area contributed by atoms with E-state index in [4.69, 9.17) is 47.4 Å². The molecule has 3 fully saturated rings. The molecule has 8 amide bonds. The van der Waals surface area contributed by atoms with E-state index in [0.29, 0.717) is 57.9 Å². The summed E-state index contributed by atoms with van der Waals surface area (Å²) in [6.07, 6.45) is -12.1. The van der Waals surface area contributed by atoms with Gasteiger partial charge in [-0.05, 0) is 70.9 Å². The number of nitrogens with one attached hydrogen (secondary N) is 9. The largest absolute Gasteiger partial charge is 0.394 e. The second-order valence-electron chi connectivity index (χ2n) is 28.8. The maximum Gasteiger partial charge on any atom is 0.242 e. The van der Waals surface area contributed by atoms with E-state index in [1.165, 1.54) is 20.8 Å². The highest BCUT2D eigenvalue weighted by Gasteiger charge is 2.48. The fraction of sp³-hybridized carbons (Fsp3) is 0.767. The molecule has 0 bridgehead atoms. The number of benzene rings is 1. The summed E-state index contributed by atoms with van der Waals surface area (Å²) in [5, 5.41) is 127. The van der Waals surface area contributed by atoms with Crippen molar-refractivity contribution in [3.05, 3.63) is 36.0 Å². The second kappa shape index (κ2) is 50.6. The highest BCUT2D eigenvalue weighted by Crippen LogP contribution is 2.28. The number of aliphatic hydroxyl groups is 10. The van der Waals surface area contributed by atoms with Crippen LogP contribution in [0, 0.1) is 0 Å². The van der Waals surface area contributed by atoms with Crippen LogP contribution in [-0.2, 0) is 103 Å². The summed E-state index contributed by atoms with van der Waals surface area (Å²) >= 11 is 0. The molecular formula is C73H122N10O29. The van der Waals surface area contributed by atoms with Gasteiger partial charge in [-0.15, -0.1) is 0 Å². The minimum absolute atomic E-state index is 0.0119. The molecule has 112 heavy (non-hydrogen) atoms. The van der Waals surface area contributed by atoms with E-state index in [1.807, 2.05) is 39.0 Å². The molecule has 3 aliphatic rings. The number of aromatic nitrogens is 1. The lowest BCUT2D eigenvalue weighted by Crippen LogP contribution is -2.64. The van der Waals surface area contributed by atoms with Gasteiger partial charge >= 0.3 is 0 Å². The number of para-hydroxylation sites is 1. The predicted molar refractivity (Wildman–Crippen MR) is 395 cm³/mol. The standard InChI is InChI=1S/C73H122N10O29/c1-44(89)78-59-65(99)62(96)52(39-85)109-69(59)106-33-30-103-27-24-74-42-73(43-88,22-21-56(93)76-25-28-104-31-34-107-70-60(79-45(2)90)66(100)63(97)53(40-86)110-70)82-58(95)20-19-50(68(102)77-26-29-105-32-35-108-71-61(80-46(3)91)67(101)64(98)54(41-87)111-71)81-57(94)18-10-8-7-9-17-55(92)75-23-13-14-47-36-83(51-16-12-11-15-49(47)51)37-48(38-84)112-72(4,5)6/h11-12,15-16,36,43,48,50,52-54,59-67,69-71,74,84-87,96-101H,7-10,13-14,17-35,37-42H2,1-6H3,(H,75,92)(H,76,93)(H,77,102)(H,78,89)(H,79,90)(H,80,91)(H,81,94)(H,82,95)/t48-,50?,52?,53?,54?,59?,60?,61?,62?,63?,64?,65?,66?,67?,69?,70?,71?,73?/m0/s1. The lowest BCUT2D eigenvalue weighted by Gasteiger charge is -2.42. The van der Waals surface area contributed by atoms with E-state index in [9.17, 15) is 94.2 Å². The molecule has 0 saturated carbocycles. The first-order valence-corrected chi connectivity index (χ1v) is 38.2. The molecule has 0 radical (unpaired) electrons. The van der Waals surface area contributed by atoms with E-state index in [1.54, 1.807) is 0 Å². The van der Waals surface area contributed by atoms with E-state index in [0.717, 1.165) is 16.5 Å². The maximum atomic E-state index is 14.1. The molecule has 19 N–H and O–H groups in total. The van der Waals surface area contributed by atoms with Crippen molar-refractivity contribution in [2.75, 3.05) is 119 Å². The molecule has 4 heterocycles. The first-order chi connectivity index (χ1) is 53.5. The minimum atomic E-state index is -1.77. The van der Waals surface area contributed by atoms with E-state index >= 15 is 0 Å². The quantitative estimate of drug-likeness (QED) is 0.0217. The molecule has 2 aromatic rings. The van der Waals surface area contributed by atoms with Crippen molar-refractivity contribution in [3.8, 4) is 0 Å². The molecule has 0 aliphatic carbocycles. The molecular weight excluding hydrogens is 1480 g/mol. The Morgan fingerprint density at radius 2 is 1.00 bits per heavy atom. The van der Waals surface area contributed by atoms with Crippen LogP contribution in [0.5, 0.6) is 0 Å². The summed E-state index contributed by atoms with van der Waals surface area (Å²) in [6.45, 7) is 7.02. The summed E-state index contributed by atoms with van der Waals surface area (Å²) in [4.78, 5) is 117. The van der Waals surface area contributed by atoms with Crippen molar-refractivity contribution < 1.29 is 142 Å². The van der Waals surface area contributed by atoms with Crippen molar-refractivity contribution >= 4 is 64.4 Å². The molecule has 0 spiro atoms. The molecule has 1 aromatic heterocycles. The number of amides is 8. The summed E-state index contributed by atoms with van der Waals surface area (Å²) in [6, 6.07) is 3.14. The fourth-order valence-corrected chi connectivity index (χ4v) is 12.8. The molecule has 39 nitrogen and oxygen atoms in total. The van der Waals surface area contributed by atoms with Crippen LogP contribution in [0.3, 0.4) is 0 Å². The van der Waals surface area contributed by atoms with Gasteiger partial charge in [0, 0.05) is 96.3 Å². The van der Waals surface area contributed by atoms with Crippen molar-refractivity contribution in [1.82, 2.24) is 52.4 Å². The number of rotatable bonds is 54. The van der Waals surface area contributed by atoms with Gasteiger partial charge in [-0.25, -0.2) is 0 Å². The highest BCUT2D eigenvalue weighted by atomic mass is 16.7. The van der Waals surface area contributed by atoms with Crippen molar-refractivity contribution in [2.45, 2.75) is 240 Å². The third kappa shape index (κ3) is 33.3.